The van der Waals surface area contributed by atoms with Crippen molar-refractivity contribution in [3.8, 4) is 5.75 Å². The quantitative estimate of drug-likeness (QED) is 0.859. The number of carbonyl (C=O) groups is 1. The Morgan fingerprint density at radius 1 is 1.09 bits per heavy atom. The number of carbonyl (C=O) groups excluding carboxylic acids is 1. The predicted octanol–water partition coefficient (Wildman–Crippen LogP) is 3.91. The van der Waals surface area contributed by atoms with Crippen LogP contribution in [0.25, 0.3) is 0 Å². The Morgan fingerprint density at radius 3 is 2.45 bits per heavy atom. The molecule has 1 heterocycles. The lowest BCUT2D eigenvalue weighted by Gasteiger charge is -2.38. The highest BCUT2D eigenvalue weighted by Crippen LogP contribution is 2.40. The van der Waals surface area contributed by atoms with E-state index >= 15 is 0 Å². The van der Waals surface area contributed by atoms with Gasteiger partial charge in [0.15, 0.2) is 0 Å². The summed E-state index contributed by atoms with van der Waals surface area (Å²) in [6.07, 6.45) is 0.542. The molecule has 0 saturated carbocycles. The van der Waals surface area contributed by atoms with Crippen LogP contribution in [-0.4, -0.2) is 13.0 Å². The second kappa shape index (κ2) is 5.48. The van der Waals surface area contributed by atoms with Crippen LogP contribution in [0, 0.1) is 0 Å². The van der Waals surface area contributed by atoms with Gasteiger partial charge in [-0.1, -0.05) is 44.2 Å². The number of ether oxygens (including phenoxy) is 1. The van der Waals surface area contributed by atoms with Crippen LogP contribution in [0.2, 0.25) is 0 Å². The lowest BCUT2D eigenvalue weighted by molar-refractivity contribution is -0.120. The summed E-state index contributed by atoms with van der Waals surface area (Å²) < 4.78 is 5.18. The molecule has 2 aromatic carbocycles. The molecule has 0 bridgehead atoms. The number of anilines is 1. The zero-order chi connectivity index (χ0) is 15.7. The summed E-state index contributed by atoms with van der Waals surface area (Å²) >= 11 is 0. The number of hydrogen-bond donors (Lipinski definition) is 0. The van der Waals surface area contributed by atoms with Crippen molar-refractivity contribution in [3.05, 3.63) is 59.7 Å². The second-order valence-corrected chi connectivity index (χ2v) is 6.41. The molecule has 1 aliphatic heterocycles. The van der Waals surface area contributed by atoms with Crippen LogP contribution in [0.4, 0.5) is 5.69 Å². The van der Waals surface area contributed by atoms with Crippen LogP contribution in [0.3, 0.4) is 0 Å². The maximum absolute atomic E-state index is 12.6. The van der Waals surface area contributed by atoms with Crippen molar-refractivity contribution in [1.29, 1.82) is 0 Å². The minimum absolute atomic E-state index is 0.107. The summed E-state index contributed by atoms with van der Waals surface area (Å²) in [5, 5.41) is 0. The molecule has 3 rings (SSSR count). The molecule has 1 aliphatic rings. The Balaban J connectivity index is 1.94. The third-order valence-corrected chi connectivity index (χ3v) is 4.32. The van der Waals surface area contributed by atoms with Gasteiger partial charge < -0.3 is 9.64 Å². The lowest BCUT2D eigenvalue weighted by atomic mass is 9.77. The smallest absolute Gasteiger partial charge is 0.228 e. The first kappa shape index (κ1) is 14.6. The SMILES string of the molecule is COc1ccc(CN2C(=O)CC(C)(C)c3ccccc32)cc1. The van der Waals surface area contributed by atoms with Gasteiger partial charge in [-0.25, -0.2) is 0 Å². The fraction of sp³-hybridized carbons (Fsp3) is 0.316. The van der Waals surface area contributed by atoms with Crippen LogP contribution < -0.4 is 9.64 Å². The molecule has 0 spiro atoms. The molecule has 1 amide bonds. The normalized spacial score (nSPS) is 16.3. The van der Waals surface area contributed by atoms with E-state index in [1.54, 1.807) is 7.11 Å². The molecule has 0 atom stereocenters. The predicted molar refractivity (Wildman–Crippen MR) is 88.3 cm³/mol. The van der Waals surface area contributed by atoms with Crippen LogP contribution in [-0.2, 0) is 16.8 Å². The molecule has 3 nitrogen and oxygen atoms in total. The molecule has 0 fully saturated rings. The van der Waals surface area contributed by atoms with Gasteiger partial charge in [0.2, 0.25) is 5.91 Å². The fourth-order valence-electron chi connectivity index (χ4n) is 3.07. The standard InChI is InChI=1S/C19H21NO2/c1-19(2)12-18(21)20(17-7-5-4-6-16(17)19)13-14-8-10-15(22-3)11-9-14/h4-11H,12-13H2,1-3H3. The first-order valence-electron chi connectivity index (χ1n) is 7.54. The van der Waals surface area contributed by atoms with E-state index in [0.717, 1.165) is 17.0 Å². The number of methoxy groups -OCH3 is 1. The van der Waals surface area contributed by atoms with Crippen molar-refractivity contribution in [2.45, 2.75) is 32.2 Å². The van der Waals surface area contributed by atoms with Crippen molar-refractivity contribution in [3.63, 3.8) is 0 Å². The van der Waals surface area contributed by atoms with Gasteiger partial charge in [-0.05, 0) is 29.3 Å². The lowest BCUT2D eigenvalue weighted by Crippen LogP contribution is -2.41. The monoisotopic (exact) mass is 295 g/mol. The summed E-state index contributed by atoms with van der Waals surface area (Å²) in [5.74, 6) is 1.01. The van der Waals surface area contributed by atoms with Crippen LogP contribution in [0.15, 0.2) is 48.5 Å². The molecular weight excluding hydrogens is 274 g/mol. The molecule has 114 valence electrons. The number of para-hydroxylation sites is 1. The highest BCUT2D eigenvalue weighted by Gasteiger charge is 2.36. The summed E-state index contributed by atoms with van der Waals surface area (Å²) in [5.41, 5.74) is 3.26. The first-order valence-corrected chi connectivity index (χ1v) is 7.54. The minimum Gasteiger partial charge on any atom is -0.497 e. The third-order valence-electron chi connectivity index (χ3n) is 4.32. The summed E-state index contributed by atoms with van der Waals surface area (Å²) in [6.45, 7) is 4.86. The van der Waals surface area contributed by atoms with Gasteiger partial charge >= 0.3 is 0 Å². The van der Waals surface area contributed by atoms with E-state index < -0.39 is 0 Å². The van der Waals surface area contributed by atoms with E-state index in [4.69, 9.17) is 4.74 Å². The van der Waals surface area contributed by atoms with Gasteiger partial charge in [0.1, 0.15) is 5.75 Å². The Labute approximate surface area is 131 Å². The van der Waals surface area contributed by atoms with Crippen LogP contribution >= 0.6 is 0 Å². The molecule has 22 heavy (non-hydrogen) atoms. The molecule has 0 aliphatic carbocycles. The maximum atomic E-state index is 12.6. The van der Waals surface area contributed by atoms with E-state index in [0.29, 0.717) is 13.0 Å². The fourth-order valence-corrected chi connectivity index (χ4v) is 3.07. The second-order valence-electron chi connectivity index (χ2n) is 6.41. The van der Waals surface area contributed by atoms with E-state index in [1.165, 1.54) is 5.56 Å². The number of amides is 1. The first-order chi connectivity index (χ1) is 10.5. The number of fused-ring (bicyclic) bond motifs is 1. The van der Waals surface area contributed by atoms with Crippen LogP contribution in [0.5, 0.6) is 5.75 Å². The zero-order valence-corrected chi connectivity index (χ0v) is 13.3. The van der Waals surface area contributed by atoms with Crippen LogP contribution in [0.1, 0.15) is 31.4 Å². The van der Waals surface area contributed by atoms with E-state index in [9.17, 15) is 4.79 Å². The largest absolute Gasteiger partial charge is 0.497 e. The number of nitrogens with zero attached hydrogens (tertiary/aromatic N) is 1. The molecule has 2 aromatic rings. The van der Waals surface area contributed by atoms with Crippen molar-refractivity contribution < 1.29 is 9.53 Å². The molecule has 0 unspecified atom stereocenters. The Bertz CT molecular complexity index is 689. The van der Waals surface area contributed by atoms with Crippen molar-refractivity contribution in [1.82, 2.24) is 0 Å². The third kappa shape index (κ3) is 2.59. The minimum atomic E-state index is -0.107. The molecule has 0 N–H and O–H groups in total. The zero-order valence-electron chi connectivity index (χ0n) is 13.3. The summed E-state index contributed by atoms with van der Waals surface area (Å²) in [4.78, 5) is 14.5. The Hall–Kier alpha value is -2.29. The Kier molecular flexibility index (Phi) is 3.65. The van der Waals surface area contributed by atoms with E-state index in [1.807, 2.05) is 47.4 Å². The van der Waals surface area contributed by atoms with Gasteiger partial charge in [0.05, 0.1) is 13.7 Å². The van der Waals surface area contributed by atoms with Gasteiger partial charge in [-0.3, -0.25) is 4.79 Å². The van der Waals surface area contributed by atoms with E-state index in [-0.39, 0.29) is 11.3 Å². The number of hydrogen-bond acceptors (Lipinski definition) is 2. The number of benzene rings is 2. The number of rotatable bonds is 3. The van der Waals surface area contributed by atoms with Gasteiger partial charge in [-0.2, -0.15) is 0 Å². The van der Waals surface area contributed by atoms with Gasteiger partial charge in [-0.15, -0.1) is 0 Å². The average molecular weight is 295 g/mol. The van der Waals surface area contributed by atoms with E-state index in [2.05, 4.69) is 19.9 Å². The van der Waals surface area contributed by atoms with Crippen molar-refractivity contribution >= 4 is 11.6 Å². The summed E-state index contributed by atoms with van der Waals surface area (Å²) in [7, 11) is 1.65. The van der Waals surface area contributed by atoms with Gasteiger partial charge in [0.25, 0.3) is 0 Å². The maximum Gasteiger partial charge on any atom is 0.228 e. The van der Waals surface area contributed by atoms with Crippen molar-refractivity contribution in [2.75, 3.05) is 12.0 Å². The molecular formula is C19H21NO2. The average Bonchev–Trinajstić information content (AvgIpc) is 2.52. The topological polar surface area (TPSA) is 29.5 Å². The Morgan fingerprint density at radius 2 is 1.77 bits per heavy atom. The molecule has 0 saturated heterocycles. The molecule has 0 aromatic heterocycles. The molecule has 3 heteroatoms. The summed E-state index contributed by atoms with van der Waals surface area (Å²) in [6, 6.07) is 16.1. The van der Waals surface area contributed by atoms with Gasteiger partial charge in [0, 0.05) is 17.5 Å². The van der Waals surface area contributed by atoms with Crippen molar-refractivity contribution in [2.24, 2.45) is 0 Å². The highest BCUT2D eigenvalue weighted by molar-refractivity contribution is 5.97. The molecule has 0 radical (unpaired) electrons. The highest BCUT2D eigenvalue weighted by atomic mass is 16.5.